The molecule has 1 aliphatic rings. The average molecular weight is 364 g/mol. The van der Waals surface area contributed by atoms with Crippen LogP contribution in [0.1, 0.15) is 17.3 Å². The normalized spacial score (nSPS) is 16.2. The van der Waals surface area contributed by atoms with Crippen molar-refractivity contribution in [3.05, 3.63) is 48.0 Å². The van der Waals surface area contributed by atoms with Gasteiger partial charge < -0.3 is 15.4 Å². The molecule has 0 saturated heterocycles. The largest absolute Gasteiger partial charge is 0.435 e. The molecule has 2 amide bonds. The first-order valence-corrected chi connectivity index (χ1v) is 8.28. The molecule has 0 bridgehead atoms. The molecule has 0 spiro atoms. The zero-order valence-corrected chi connectivity index (χ0v) is 13.9. The zero-order chi connectivity index (χ0) is 18.0. The predicted molar refractivity (Wildman–Crippen MR) is 91.4 cm³/mol. The second kappa shape index (κ2) is 7.10. The minimum absolute atomic E-state index is 0.00985. The van der Waals surface area contributed by atoms with E-state index in [0.29, 0.717) is 16.9 Å². The van der Waals surface area contributed by atoms with Crippen molar-refractivity contribution >= 4 is 35.0 Å². The highest BCUT2D eigenvalue weighted by atomic mass is 32.2. The topological polar surface area (TPSA) is 67.4 Å². The van der Waals surface area contributed by atoms with Gasteiger partial charge in [0.2, 0.25) is 5.91 Å². The molecule has 2 aromatic carbocycles. The number of carbonyl (C=O) groups excluding carboxylic acids is 2. The third-order valence-electron chi connectivity index (χ3n) is 3.51. The van der Waals surface area contributed by atoms with Gasteiger partial charge in [0.05, 0.1) is 10.9 Å². The van der Waals surface area contributed by atoms with Gasteiger partial charge in [0.15, 0.2) is 0 Å². The van der Waals surface area contributed by atoms with Crippen LogP contribution in [-0.4, -0.2) is 23.7 Å². The Labute approximate surface area is 146 Å². The number of hydrogen-bond donors (Lipinski definition) is 2. The first-order valence-electron chi connectivity index (χ1n) is 7.40. The van der Waals surface area contributed by atoms with Gasteiger partial charge in [-0.15, -0.1) is 11.8 Å². The molecule has 0 aliphatic carbocycles. The third-order valence-corrected chi connectivity index (χ3v) is 4.69. The smallest absolute Gasteiger partial charge is 0.387 e. The summed E-state index contributed by atoms with van der Waals surface area (Å²) >= 11 is 1.43. The Bertz CT molecular complexity index is 812. The Hall–Kier alpha value is -2.61. The molecule has 0 saturated carbocycles. The average Bonchev–Trinajstić information content (AvgIpc) is 2.57. The van der Waals surface area contributed by atoms with Gasteiger partial charge in [0.25, 0.3) is 5.91 Å². The van der Waals surface area contributed by atoms with Crippen LogP contribution >= 0.6 is 11.8 Å². The lowest BCUT2D eigenvalue weighted by molar-refractivity contribution is -0.115. The van der Waals surface area contributed by atoms with Crippen LogP contribution in [0.2, 0.25) is 0 Å². The van der Waals surface area contributed by atoms with E-state index in [-0.39, 0.29) is 22.8 Å². The van der Waals surface area contributed by atoms with Crippen molar-refractivity contribution in [1.82, 2.24) is 0 Å². The first-order chi connectivity index (χ1) is 11.9. The molecule has 0 aromatic heterocycles. The minimum atomic E-state index is -2.90. The van der Waals surface area contributed by atoms with Crippen LogP contribution in [0.3, 0.4) is 0 Å². The number of rotatable bonds is 4. The van der Waals surface area contributed by atoms with E-state index in [4.69, 9.17) is 0 Å². The molecular weight excluding hydrogens is 350 g/mol. The van der Waals surface area contributed by atoms with E-state index in [0.717, 1.165) is 4.90 Å². The summed E-state index contributed by atoms with van der Waals surface area (Å²) in [7, 11) is 0. The monoisotopic (exact) mass is 364 g/mol. The number of thioether (sulfide) groups is 1. The van der Waals surface area contributed by atoms with Gasteiger partial charge in [-0.2, -0.15) is 8.78 Å². The van der Waals surface area contributed by atoms with Crippen molar-refractivity contribution in [3.63, 3.8) is 0 Å². The second-order valence-electron chi connectivity index (χ2n) is 5.32. The molecule has 5 nitrogen and oxygen atoms in total. The molecule has 0 radical (unpaired) electrons. The van der Waals surface area contributed by atoms with E-state index in [2.05, 4.69) is 15.4 Å². The number of nitrogens with one attached hydrogen (secondary N) is 2. The summed E-state index contributed by atoms with van der Waals surface area (Å²) < 4.78 is 28.5. The van der Waals surface area contributed by atoms with Gasteiger partial charge in [-0.1, -0.05) is 0 Å². The van der Waals surface area contributed by atoms with Crippen LogP contribution in [0.4, 0.5) is 20.2 Å². The van der Waals surface area contributed by atoms with E-state index < -0.39 is 6.61 Å². The van der Waals surface area contributed by atoms with Crippen LogP contribution in [0, 0.1) is 0 Å². The molecule has 1 aliphatic heterocycles. The number of halogens is 2. The van der Waals surface area contributed by atoms with Crippen LogP contribution in [0.15, 0.2) is 47.4 Å². The number of anilines is 2. The van der Waals surface area contributed by atoms with Gasteiger partial charge >= 0.3 is 6.61 Å². The Morgan fingerprint density at radius 2 is 1.96 bits per heavy atom. The van der Waals surface area contributed by atoms with Gasteiger partial charge in [0.1, 0.15) is 5.75 Å². The minimum Gasteiger partial charge on any atom is -0.435 e. The SMILES string of the molecule is C[C@H]1Sc2ccc(C(=O)Nc3ccc(OC(F)F)cc3)cc2NC1=O. The lowest BCUT2D eigenvalue weighted by atomic mass is 10.1. The number of alkyl halides is 2. The molecule has 2 aromatic rings. The zero-order valence-electron chi connectivity index (χ0n) is 13.1. The number of hydrogen-bond acceptors (Lipinski definition) is 4. The number of carbonyl (C=O) groups is 2. The lowest BCUT2D eigenvalue weighted by Gasteiger charge is -2.21. The molecule has 25 heavy (non-hydrogen) atoms. The quantitative estimate of drug-likeness (QED) is 0.861. The summed E-state index contributed by atoms with van der Waals surface area (Å²) in [6.07, 6.45) is 0. The molecule has 1 heterocycles. The van der Waals surface area contributed by atoms with Gasteiger partial charge in [-0.3, -0.25) is 9.59 Å². The Kier molecular flexibility index (Phi) is 4.89. The molecular formula is C17H14F2N2O3S. The van der Waals surface area contributed by atoms with Crippen LogP contribution in [-0.2, 0) is 4.79 Å². The maximum absolute atomic E-state index is 12.3. The molecule has 0 unspecified atom stereocenters. The molecule has 1 atom stereocenters. The standard InChI is InChI=1S/C17H14F2N2O3S/c1-9-15(22)21-13-8-10(2-7-14(13)25-9)16(23)20-11-3-5-12(6-4-11)24-17(18)19/h2-9,17H,1H3,(H,20,23)(H,21,22)/t9-/m1/s1. The summed E-state index contributed by atoms with van der Waals surface area (Å²) in [6.45, 7) is -1.09. The fourth-order valence-electron chi connectivity index (χ4n) is 2.27. The van der Waals surface area contributed by atoms with Crippen molar-refractivity contribution in [3.8, 4) is 5.75 Å². The lowest BCUT2D eigenvalue weighted by Crippen LogP contribution is -2.26. The molecule has 0 fully saturated rings. The molecule has 130 valence electrons. The van der Waals surface area contributed by atoms with E-state index in [1.54, 1.807) is 18.2 Å². The van der Waals surface area contributed by atoms with E-state index in [1.165, 1.54) is 36.0 Å². The van der Waals surface area contributed by atoms with Gasteiger partial charge in [0, 0.05) is 16.1 Å². The van der Waals surface area contributed by atoms with Crippen molar-refractivity contribution in [1.29, 1.82) is 0 Å². The highest BCUT2D eigenvalue weighted by Crippen LogP contribution is 2.36. The summed E-state index contributed by atoms with van der Waals surface area (Å²) in [5, 5.41) is 5.25. The van der Waals surface area contributed by atoms with Crippen LogP contribution < -0.4 is 15.4 Å². The van der Waals surface area contributed by atoms with Crippen molar-refractivity contribution in [2.24, 2.45) is 0 Å². The number of benzene rings is 2. The van der Waals surface area contributed by atoms with E-state index >= 15 is 0 Å². The fourth-order valence-corrected chi connectivity index (χ4v) is 3.20. The van der Waals surface area contributed by atoms with Crippen molar-refractivity contribution in [2.45, 2.75) is 23.7 Å². The molecule has 8 heteroatoms. The second-order valence-corrected chi connectivity index (χ2v) is 6.70. The summed E-state index contributed by atoms with van der Waals surface area (Å²) in [5.41, 5.74) is 1.42. The van der Waals surface area contributed by atoms with Gasteiger partial charge in [-0.25, -0.2) is 0 Å². The van der Waals surface area contributed by atoms with Gasteiger partial charge in [-0.05, 0) is 49.4 Å². The highest BCUT2D eigenvalue weighted by molar-refractivity contribution is 8.00. The van der Waals surface area contributed by atoms with Crippen molar-refractivity contribution in [2.75, 3.05) is 10.6 Å². The highest BCUT2D eigenvalue weighted by Gasteiger charge is 2.23. The predicted octanol–water partition coefficient (Wildman–Crippen LogP) is 3.97. The first kappa shape index (κ1) is 17.2. The fraction of sp³-hybridized carbons (Fsp3) is 0.176. The Balaban J connectivity index is 1.71. The molecule has 3 rings (SSSR count). The maximum Gasteiger partial charge on any atom is 0.387 e. The van der Waals surface area contributed by atoms with Crippen LogP contribution in [0.5, 0.6) is 5.75 Å². The summed E-state index contributed by atoms with van der Waals surface area (Å²) in [6, 6.07) is 10.7. The van der Waals surface area contributed by atoms with Crippen molar-refractivity contribution < 1.29 is 23.1 Å². The third kappa shape index (κ3) is 4.08. The number of ether oxygens (including phenoxy) is 1. The molecule has 2 N–H and O–H groups in total. The summed E-state index contributed by atoms with van der Waals surface area (Å²) in [4.78, 5) is 25.0. The Morgan fingerprint density at radius 3 is 2.64 bits per heavy atom. The van der Waals surface area contributed by atoms with E-state index in [1.807, 2.05) is 6.92 Å². The van der Waals surface area contributed by atoms with Crippen LogP contribution in [0.25, 0.3) is 0 Å². The maximum atomic E-state index is 12.3. The van der Waals surface area contributed by atoms with E-state index in [9.17, 15) is 18.4 Å². The summed E-state index contributed by atoms with van der Waals surface area (Å²) in [5.74, 6) is -0.469. The Morgan fingerprint density at radius 1 is 1.24 bits per heavy atom. The number of fused-ring (bicyclic) bond motifs is 1. The number of amides is 2.